The topological polar surface area (TPSA) is 48.5 Å². The predicted octanol–water partition coefficient (Wildman–Crippen LogP) is 2.76. The Hall–Kier alpha value is -0.700. The number of halogens is 2. The summed E-state index contributed by atoms with van der Waals surface area (Å²) in [5.41, 5.74) is 0.902. The minimum atomic E-state index is 0. The van der Waals surface area contributed by atoms with Gasteiger partial charge in [-0.05, 0) is 17.9 Å². The largest absolute Gasteiger partial charge is 0.341 e. The Balaban J connectivity index is 0.00000121. The molecule has 9 heteroatoms. The van der Waals surface area contributed by atoms with Crippen molar-refractivity contribution >= 4 is 53.4 Å². The Bertz CT molecular complexity index is 689. The van der Waals surface area contributed by atoms with Crippen LogP contribution in [0, 0.1) is 0 Å². The summed E-state index contributed by atoms with van der Waals surface area (Å²) in [6, 6.07) is 4.65. The number of hydrogen-bond donors (Lipinski definition) is 1. The average molecular weight is 435 g/mol. The number of carbonyl (C=O) groups is 1. The standard InChI is InChI=1S/C17H22N4OS2.2ClH/c22-16(10-13-12-24-17(19-13)15-2-1-9-23-15)21-6-3-14(11-21)20-7-4-18-5-8-20;;/h1-2,9,12,14,18H,3-8,10-11H2;2*1H. The quantitative estimate of drug-likeness (QED) is 0.803. The molecule has 1 N–H and O–H groups in total. The average Bonchev–Trinajstić information content (AvgIpc) is 3.36. The van der Waals surface area contributed by atoms with E-state index in [1.807, 2.05) is 16.3 Å². The van der Waals surface area contributed by atoms with E-state index in [4.69, 9.17) is 0 Å². The molecule has 144 valence electrons. The molecule has 0 spiro atoms. The van der Waals surface area contributed by atoms with Crippen LogP contribution in [-0.2, 0) is 11.2 Å². The van der Waals surface area contributed by atoms with Crippen LogP contribution in [0.5, 0.6) is 0 Å². The summed E-state index contributed by atoms with van der Waals surface area (Å²) >= 11 is 3.32. The first-order valence-electron chi connectivity index (χ1n) is 8.50. The molecule has 1 amide bonds. The summed E-state index contributed by atoms with van der Waals surface area (Å²) in [6.07, 6.45) is 1.53. The monoisotopic (exact) mass is 434 g/mol. The molecule has 2 fully saturated rings. The number of thiazole rings is 1. The van der Waals surface area contributed by atoms with Gasteiger partial charge in [-0.25, -0.2) is 4.98 Å². The van der Waals surface area contributed by atoms with Gasteiger partial charge in [-0.3, -0.25) is 9.69 Å². The maximum atomic E-state index is 12.6. The normalized spacial score (nSPS) is 20.5. The van der Waals surface area contributed by atoms with Gasteiger partial charge in [0.15, 0.2) is 0 Å². The summed E-state index contributed by atoms with van der Waals surface area (Å²) in [5.74, 6) is 0.218. The van der Waals surface area contributed by atoms with E-state index in [0.717, 1.165) is 56.4 Å². The fourth-order valence-corrected chi connectivity index (χ4v) is 5.12. The van der Waals surface area contributed by atoms with Crippen LogP contribution in [0.15, 0.2) is 22.9 Å². The molecular weight excluding hydrogens is 411 g/mol. The number of thiophene rings is 1. The molecule has 0 aromatic carbocycles. The first-order chi connectivity index (χ1) is 11.8. The highest BCUT2D eigenvalue weighted by Crippen LogP contribution is 2.28. The van der Waals surface area contributed by atoms with Crippen LogP contribution in [-0.4, -0.2) is 66.0 Å². The van der Waals surface area contributed by atoms with E-state index in [-0.39, 0.29) is 30.7 Å². The molecular formula is C17H24Cl2N4OS2. The molecule has 0 saturated carbocycles. The molecule has 0 radical (unpaired) electrons. The molecule has 2 aliphatic heterocycles. The van der Waals surface area contributed by atoms with Gasteiger partial charge >= 0.3 is 0 Å². The maximum absolute atomic E-state index is 12.6. The van der Waals surface area contributed by atoms with Gasteiger partial charge in [0.05, 0.1) is 17.0 Å². The Morgan fingerprint density at radius 3 is 2.77 bits per heavy atom. The number of likely N-dealkylation sites (tertiary alicyclic amines) is 1. The molecule has 0 aliphatic carbocycles. The van der Waals surface area contributed by atoms with Gasteiger partial charge in [-0.15, -0.1) is 47.5 Å². The first kappa shape index (κ1) is 21.6. The molecule has 2 aliphatic rings. The van der Waals surface area contributed by atoms with E-state index in [1.54, 1.807) is 22.7 Å². The third kappa shape index (κ3) is 4.97. The van der Waals surface area contributed by atoms with Crippen molar-refractivity contribution in [3.63, 3.8) is 0 Å². The second-order valence-corrected chi connectivity index (χ2v) is 8.17. The highest BCUT2D eigenvalue weighted by Gasteiger charge is 2.31. The van der Waals surface area contributed by atoms with Crippen molar-refractivity contribution < 1.29 is 4.79 Å². The van der Waals surface area contributed by atoms with Crippen molar-refractivity contribution in [2.24, 2.45) is 0 Å². The zero-order valence-corrected chi connectivity index (χ0v) is 17.7. The number of rotatable bonds is 4. The van der Waals surface area contributed by atoms with Gasteiger partial charge in [0, 0.05) is 50.7 Å². The lowest BCUT2D eigenvalue weighted by Crippen LogP contribution is -2.49. The van der Waals surface area contributed by atoms with Crippen LogP contribution >= 0.6 is 47.5 Å². The Morgan fingerprint density at radius 2 is 2.04 bits per heavy atom. The van der Waals surface area contributed by atoms with E-state index >= 15 is 0 Å². The van der Waals surface area contributed by atoms with Crippen LogP contribution in [0.2, 0.25) is 0 Å². The summed E-state index contributed by atoms with van der Waals surface area (Å²) in [6.45, 7) is 6.09. The zero-order chi connectivity index (χ0) is 16.4. The molecule has 2 saturated heterocycles. The van der Waals surface area contributed by atoms with Gasteiger partial charge in [0.2, 0.25) is 5.91 Å². The molecule has 4 heterocycles. The van der Waals surface area contributed by atoms with Crippen LogP contribution in [0.4, 0.5) is 0 Å². The van der Waals surface area contributed by atoms with Crippen molar-refractivity contribution in [3.05, 3.63) is 28.6 Å². The van der Waals surface area contributed by atoms with Crippen molar-refractivity contribution in [1.29, 1.82) is 0 Å². The second kappa shape index (κ2) is 10.0. The molecule has 1 atom stereocenters. The van der Waals surface area contributed by atoms with Crippen LogP contribution in [0.25, 0.3) is 9.88 Å². The van der Waals surface area contributed by atoms with Gasteiger partial charge in [-0.1, -0.05) is 6.07 Å². The lowest BCUT2D eigenvalue weighted by molar-refractivity contribution is -0.129. The van der Waals surface area contributed by atoms with E-state index in [0.29, 0.717) is 12.5 Å². The summed E-state index contributed by atoms with van der Waals surface area (Å²) in [7, 11) is 0. The van der Waals surface area contributed by atoms with Gasteiger partial charge < -0.3 is 10.2 Å². The SMILES string of the molecule is Cl.Cl.O=C(Cc1csc(-c2cccs2)n1)N1CCC(N2CCNCC2)C1. The van der Waals surface area contributed by atoms with Crippen molar-refractivity contribution in [2.45, 2.75) is 18.9 Å². The highest BCUT2D eigenvalue weighted by molar-refractivity contribution is 7.20. The van der Waals surface area contributed by atoms with E-state index in [1.165, 1.54) is 4.88 Å². The molecule has 1 unspecified atom stereocenters. The van der Waals surface area contributed by atoms with Crippen LogP contribution < -0.4 is 5.32 Å². The summed E-state index contributed by atoms with van der Waals surface area (Å²) < 4.78 is 0. The first-order valence-corrected chi connectivity index (χ1v) is 10.3. The smallest absolute Gasteiger partial charge is 0.228 e. The number of nitrogens with zero attached hydrogens (tertiary/aromatic N) is 3. The number of carbonyl (C=O) groups excluding carboxylic acids is 1. The molecule has 2 aromatic heterocycles. The predicted molar refractivity (Wildman–Crippen MR) is 113 cm³/mol. The summed E-state index contributed by atoms with van der Waals surface area (Å²) in [4.78, 5) is 23.0. The molecule has 0 bridgehead atoms. The van der Waals surface area contributed by atoms with Crippen molar-refractivity contribution in [1.82, 2.24) is 20.1 Å². The Kier molecular flexibility index (Phi) is 8.32. The zero-order valence-electron chi connectivity index (χ0n) is 14.4. The summed E-state index contributed by atoms with van der Waals surface area (Å²) in [5, 5.41) is 8.49. The maximum Gasteiger partial charge on any atom is 0.228 e. The van der Waals surface area contributed by atoms with Gasteiger partial charge in [-0.2, -0.15) is 0 Å². The Labute approximate surface area is 174 Å². The van der Waals surface area contributed by atoms with Crippen LogP contribution in [0.3, 0.4) is 0 Å². The van der Waals surface area contributed by atoms with E-state index in [9.17, 15) is 4.79 Å². The van der Waals surface area contributed by atoms with Crippen molar-refractivity contribution in [2.75, 3.05) is 39.3 Å². The lowest BCUT2D eigenvalue weighted by atomic mass is 10.2. The third-order valence-electron chi connectivity index (χ3n) is 4.80. The number of aromatic nitrogens is 1. The lowest BCUT2D eigenvalue weighted by Gasteiger charge is -2.32. The third-order valence-corrected chi connectivity index (χ3v) is 6.73. The Morgan fingerprint density at radius 1 is 1.23 bits per heavy atom. The number of piperazine rings is 1. The van der Waals surface area contributed by atoms with Gasteiger partial charge in [0.1, 0.15) is 5.01 Å². The van der Waals surface area contributed by atoms with E-state index in [2.05, 4.69) is 26.6 Å². The highest BCUT2D eigenvalue weighted by atomic mass is 35.5. The van der Waals surface area contributed by atoms with E-state index < -0.39 is 0 Å². The number of amides is 1. The minimum absolute atomic E-state index is 0. The molecule has 4 rings (SSSR count). The van der Waals surface area contributed by atoms with Crippen LogP contribution in [0.1, 0.15) is 12.1 Å². The molecule has 5 nitrogen and oxygen atoms in total. The fourth-order valence-electron chi connectivity index (χ4n) is 3.48. The minimum Gasteiger partial charge on any atom is -0.341 e. The second-order valence-electron chi connectivity index (χ2n) is 6.37. The number of nitrogens with one attached hydrogen (secondary N) is 1. The molecule has 2 aromatic rings. The van der Waals surface area contributed by atoms with Gasteiger partial charge in [0.25, 0.3) is 0 Å². The fraction of sp³-hybridized carbons (Fsp3) is 0.529. The van der Waals surface area contributed by atoms with Crippen molar-refractivity contribution in [3.8, 4) is 9.88 Å². The number of hydrogen-bond acceptors (Lipinski definition) is 6. The molecule has 26 heavy (non-hydrogen) atoms.